The number of rotatable bonds is 3. The summed E-state index contributed by atoms with van der Waals surface area (Å²) in [5.74, 6) is 0.581. The van der Waals surface area contributed by atoms with Gasteiger partial charge in [-0.15, -0.1) is 11.3 Å². The molecular formula is C14H15ClN2OS. The van der Waals surface area contributed by atoms with E-state index in [0.717, 1.165) is 41.0 Å². The molecule has 1 aromatic carbocycles. The van der Waals surface area contributed by atoms with Crippen LogP contribution in [0.15, 0.2) is 24.3 Å². The van der Waals surface area contributed by atoms with Crippen LogP contribution in [0.5, 0.6) is 0 Å². The molecule has 0 saturated carbocycles. The summed E-state index contributed by atoms with van der Waals surface area (Å²) in [6.07, 6.45) is 1.14. The molecule has 1 atom stereocenters. The van der Waals surface area contributed by atoms with Crippen molar-refractivity contribution >= 4 is 38.9 Å². The molecule has 2 aromatic rings. The van der Waals surface area contributed by atoms with E-state index in [1.54, 1.807) is 0 Å². The molecule has 0 aliphatic carbocycles. The van der Waals surface area contributed by atoms with Crippen LogP contribution in [-0.4, -0.2) is 25.5 Å². The summed E-state index contributed by atoms with van der Waals surface area (Å²) in [6, 6.07) is 7.63. The fourth-order valence-electron chi connectivity index (χ4n) is 2.33. The molecule has 0 spiro atoms. The molecule has 3 nitrogen and oxygen atoms in total. The Bertz CT molecular complexity index is 605. The number of halogens is 1. The van der Waals surface area contributed by atoms with E-state index in [4.69, 9.17) is 11.6 Å². The molecule has 1 amide bonds. The first kappa shape index (κ1) is 12.9. The maximum absolute atomic E-state index is 12.1. The second-order valence-corrected chi connectivity index (χ2v) is 6.38. The lowest BCUT2D eigenvalue weighted by Gasteiger charge is -2.08. The van der Waals surface area contributed by atoms with Gasteiger partial charge < -0.3 is 10.6 Å². The molecule has 1 aliphatic heterocycles. The molecule has 0 bridgehead atoms. The molecule has 1 aliphatic rings. The van der Waals surface area contributed by atoms with Gasteiger partial charge in [-0.3, -0.25) is 4.79 Å². The van der Waals surface area contributed by atoms with Crippen molar-refractivity contribution < 1.29 is 4.79 Å². The highest BCUT2D eigenvalue weighted by molar-refractivity contribution is 7.20. The van der Waals surface area contributed by atoms with Gasteiger partial charge in [0.15, 0.2) is 0 Å². The van der Waals surface area contributed by atoms with Gasteiger partial charge in [0.1, 0.15) is 0 Å². The molecule has 5 heteroatoms. The highest BCUT2D eigenvalue weighted by Crippen LogP contribution is 2.28. The summed E-state index contributed by atoms with van der Waals surface area (Å²) >= 11 is 7.44. The summed E-state index contributed by atoms with van der Waals surface area (Å²) in [5.41, 5.74) is 0. The molecule has 1 aromatic heterocycles. The highest BCUT2D eigenvalue weighted by Gasteiger charge is 2.16. The van der Waals surface area contributed by atoms with Crippen LogP contribution >= 0.6 is 22.9 Å². The van der Waals surface area contributed by atoms with Crippen molar-refractivity contribution in [3.8, 4) is 0 Å². The van der Waals surface area contributed by atoms with Crippen LogP contribution in [0.1, 0.15) is 16.1 Å². The number of thiophene rings is 1. The second-order valence-electron chi connectivity index (χ2n) is 4.86. The number of hydrogen-bond acceptors (Lipinski definition) is 3. The van der Waals surface area contributed by atoms with Crippen LogP contribution < -0.4 is 10.6 Å². The van der Waals surface area contributed by atoms with Crippen LogP contribution in [0.2, 0.25) is 5.02 Å². The average molecular weight is 295 g/mol. The Labute approximate surface area is 121 Å². The molecule has 100 valence electrons. The van der Waals surface area contributed by atoms with Crippen molar-refractivity contribution in [2.24, 2.45) is 5.92 Å². The second kappa shape index (κ2) is 5.49. The molecular weight excluding hydrogens is 280 g/mol. The third kappa shape index (κ3) is 2.91. The van der Waals surface area contributed by atoms with Crippen molar-refractivity contribution in [1.29, 1.82) is 0 Å². The lowest BCUT2D eigenvalue weighted by molar-refractivity contribution is 0.0952. The van der Waals surface area contributed by atoms with Crippen molar-refractivity contribution in [2.45, 2.75) is 6.42 Å². The molecule has 2 N–H and O–H groups in total. The smallest absolute Gasteiger partial charge is 0.261 e. The number of fused-ring (bicyclic) bond motifs is 1. The van der Waals surface area contributed by atoms with Crippen molar-refractivity contribution in [3.05, 3.63) is 34.2 Å². The molecule has 1 saturated heterocycles. The van der Waals surface area contributed by atoms with Gasteiger partial charge in [-0.1, -0.05) is 17.7 Å². The van der Waals surface area contributed by atoms with Gasteiger partial charge in [-0.2, -0.15) is 0 Å². The number of carbonyl (C=O) groups excluding carboxylic acids is 1. The Hall–Kier alpha value is -1.10. The minimum absolute atomic E-state index is 0.0178. The minimum Gasteiger partial charge on any atom is -0.351 e. The van der Waals surface area contributed by atoms with Gasteiger partial charge in [-0.25, -0.2) is 0 Å². The Balaban J connectivity index is 1.70. The zero-order chi connectivity index (χ0) is 13.2. The van der Waals surface area contributed by atoms with Crippen LogP contribution in [0.3, 0.4) is 0 Å². The number of hydrogen-bond donors (Lipinski definition) is 2. The number of benzene rings is 1. The van der Waals surface area contributed by atoms with E-state index in [1.165, 1.54) is 11.3 Å². The fraction of sp³-hybridized carbons (Fsp3) is 0.357. The normalized spacial score (nSPS) is 18.9. The van der Waals surface area contributed by atoms with Crippen LogP contribution in [0.4, 0.5) is 0 Å². The summed E-state index contributed by atoms with van der Waals surface area (Å²) in [6.45, 7) is 2.81. The van der Waals surface area contributed by atoms with E-state index >= 15 is 0 Å². The van der Waals surface area contributed by atoms with Gasteiger partial charge in [0.05, 0.1) is 4.88 Å². The van der Waals surface area contributed by atoms with E-state index in [-0.39, 0.29) is 5.91 Å². The van der Waals surface area contributed by atoms with Crippen molar-refractivity contribution in [3.63, 3.8) is 0 Å². The molecule has 0 radical (unpaired) electrons. The SMILES string of the molecule is O=C(NCC1CCNC1)c1cc2ccc(Cl)cc2s1. The summed E-state index contributed by atoms with van der Waals surface area (Å²) in [4.78, 5) is 12.9. The lowest BCUT2D eigenvalue weighted by atomic mass is 10.1. The quantitative estimate of drug-likeness (QED) is 0.914. The van der Waals surface area contributed by atoms with Gasteiger partial charge >= 0.3 is 0 Å². The number of nitrogens with one attached hydrogen (secondary N) is 2. The predicted molar refractivity (Wildman–Crippen MR) is 80.1 cm³/mol. The summed E-state index contributed by atoms with van der Waals surface area (Å²) in [7, 11) is 0. The first-order chi connectivity index (χ1) is 9.22. The van der Waals surface area contributed by atoms with Crippen molar-refractivity contribution in [1.82, 2.24) is 10.6 Å². The van der Waals surface area contributed by atoms with Crippen molar-refractivity contribution in [2.75, 3.05) is 19.6 Å². The monoisotopic (exact) mass is 294 g/mol. The topological polar surface area (TPSA) is 41.1 Å². The van der Waals surface area contributed by atoms with Crippen LogP contribution in [0, 0.1) is 5.92 Å². The average Bonchev–Trinajstić information content (AvgIpc) is 3.04. The van der Waals surface area contributed by atoms with E-state index in [0.29, 0.717) is 10.9 Å². The number of amides is 1. The first-order valence-electron chi connectivity index (χ1n) is 6.40. The Morgan fingerprint density at radius 3 is 3.16 bits per heavy atom. The largest absolute Gasteiger partial charge is 0.351 e. The van der Waals surface area contributed by atoms with E-state index in [1.807, 2.05) is 24.3 Å². The maximum Gasteiger partial charge on any atom is 0.261 e. The van der Waals surface area contributed by atoms with E-state index < -0.39 is 0 Å². The molecule has 1 fully saturated rings. The van der Waals surface area contributed by atoms with Crippen LogP contribution in [0.25, 0.3) is 10.1 Å². The molecule has 1 unspecified atom stereocenters. The molecule has 19 heavy (non-hydrogen) atoms. The maximum atomic E-state index is 12.1. The molecule has 3 rings (SSSR count). The lowest BCUT2D eigenvalue weighted by Crippen LogP contribution is -2.29. The van der Waals surface area contributed by atoms with Gasteiger partial charge in [0.25, 0.3) is 5.91 Å². The highest BCUT2D eigenvalue weighted by atomic mass is 35.5. The fourth-order valence-corrected chi connectivity index (χ4v) is 3.58. The van der Waals surface area contributed by atoms with E-state index in [2.05, 4.69) is 10.6 Å². The Kier molecular flexibility index (Phi) is 3.73. The van der Waals surface area contributed by atoms with Crippen LogP contribution in [-0.2, 0) is 0 Å². The van der Waals surface area contributed by atoms with E-state index in [9.17, 15) is 4.79 Å². The zero-order valence-corrected chi connectivity index (χ0v) is 12.0. The molecule has 2 heterocycles. The Morgan fingerprint density at radius 1 is 1.47 bits per heavy atom. The van der Waals surface area contributed by atoms with Gasteiger partial charge in [0.2, 0.25) is 0 Å². The predicted octanol–water partition coefficient (Wildman–Crippen LogP) is 2.89. The third-order valence-corrected chi connectivity index (χ3v) is 4.75. The number of carbonyl (C=O) groups is 1. The first-order valence-corrected chi connectivity index (χ1v) is 7.60. The standard InChI is InChI=1S/C14H15ClN2OS/c15-11-2-1-10-5-13(19-12(10)6-11)14(18)17-8-9-3-4-16-7-9/h1-2,5-6,9,16H,3-4,7-8H2,(H,17,18). The summed E-state index contributed by atoms with van der Waals surface area (Å²) < 4.78 is 1.06. The summed E-state index contributed by atoms with van der Waals surface area (Å²) in [5, 5.41) is 8.09. The zero-order valence-electron chi connectivity index (χ0n) is 10.4. The van der Waals surface area contributed by atoms with Gasteiger partial charge in [-0.05, 0) is 49.0 Å². The van der Waals surface area contributed by atoms with Gasteiger partial charge in [0, 0.05) is 16.3 Å². The third-order valence-electron chi connectivity index (χ3n) is 3.42. The Morgan fingerprint density at radius 2 is 2.37 bits per heavy atom. The minimum atomic E-state index is 0.0178.